The number of nitrogens with zero attached hydrogens (tertiary/aromatic N) is 4. The quantitative estimate of drug-likeness (QED) is 0.764. The Labute approximate surface area is 151 Å². The van der Waals surface area contributed by atoms with E-state index in [0.717, 1.165) is 29.2 Å². The lowest BCUT2D eigenvalue weighted by molar-refractivity contribution is 0.179. The number of rotatable bonds is 5. The van der Waals surface area contributed by atoms with Gasteiger partial charge in [0, 0.05) is 24.3 Å². The molecule has 0 unspecified atom stereocenters. The molecule has 6 nitrogen and oxygen atoms in total. The van der Waals surface area contributed by atoms with Gasteiger partial charge >= 0.3 is 0 Å². The van der Waals surface area contributed by atoms with Gasteiger partial charge in [0.1, 0.15) is 5.82 Å². The smallest absolute Gasteiger partial charge is 0.153 e. The average molecular weight is 353 g/mol. The highest BCUT2D eigenvalue weighted by molar-refractivity contribution is 5.49. The minimum atomic E-state index is -0.215. The predicted molar refractivity (Wildman–Crippen MR) is 95.9 cm³/mol. The zero-order chi connectivity index (χ0) is 18.0. The van der Waals surface area contributed by atoms with E-state index in [9.17, 15) is 4.39 Å². The fourth-order valence-corrected chi connectivity index (χ4v) is 3.36. The number of hydrogen-bond acceptors (Lipinski definition) is 5. The maximum absolute atomic E-state index is 13.7. The van der Waals surface area contributed by atoms with E-state index >= 15 is 0 Å². The summed E-state index contributed by atoms with van der Waals surface area (Å²) in [4.78, 5) is 0. The average Bonchev–Trinajstić information content (AvgIpc) is 3.30. The molecule has 0 bridgehead atoms. The Morgan fingerprint density at radius 3 is 2.73 bits per heavy atom. The van der Waals surface area contributed by atoms with E-state index in [1.807, 2.05) is 37.3 Å². The highest BCUT2D eigenvalue weighted by Gasteiger charge is 2.36. The number of tetrazole rings is 1. The summed E-state index contributed by atoms with van der Waals surface area (Å²) in [6, 6.07) is 14.7. The van der Waals surface area contributed by atoms with Crippen molar-refractivity contribution in [3.8, 4) is 5.69 Å². The van der Waals surface area contributed by atoms with Gasteiger partial charge in [-0.3, -0.25) is 0 Å². The number of anilines is 1. The summed E-state index contributed by atoms with van der Waals surface area (Å²) >= 11 is 0. The number of benzene rings is 2. The summed E-state index contributed by atoms with van der Waals surface area (Å²) in [6.07, 6.45) is 0.866. The molecule has 2 aromatic carbocycles. The molecule has 7 heteroatoms. The standard InChI is InChI=1S/C19H20FN5O/c1-14-22-23-24-25(14)18-7-5-17(6-8-18)21-12-19(9-10-26-13-19)15-3-2-4-16(20)11-15/h2-8,11,21H,9-10,12-13H2,1H3/t19-/m1/s1. The van der Waals surface area contributed by atoms with E-state index in [4.69, 9.17) is 4.74 Å². The molecule has 134 valence electrons. The third-order valence-corrected chi connectivity index (χ3v) is 4.91. The van der Waals surface area contributed by atoms with Crippen LogP contribution in [0.5, 0.6) is 0 Å². The van der Waals surface area contributed by atoms with Gasteiger partial charge in [0.15, 0.2) is 5.82 Å². The number of hydrogen-bond donors (Lipinski definition) is 1. The second-order valence-electron chi connectivity index (χ2n) is 6.63. The Kier molecular flexibility index (Phi) is 4.38. The Morgan fingerprint density at radius 1 is 1.23 bits per heavy atom. The Morgan fingerprint density at radius 2 is 2.08 bits per heavy atom. The first-order valence-electron chi connectivity index (χ1n) is 8.59. The van der Waals surface area contributed by atoms with Gasteiger partial charge in [0.05, 0.1) is 12.3 Å². The van der Waals surface area contributed by atoms with Gasteiger partial charge in [-0.25, -0.2) is 4.39 Å². The van der Waals surface area contributed by atoms with Crippen molar-refractivity contribution < 1.29 is 9.13 Å². The van der Waals surface area contributed by atoms with Crippen molar-refractivity contribution in [2.24, 2.45) is 0 Å². The van der Waals surface area contributed by atoms with Crippen LogP contribution in [0.4, 0.5) is 10.1 Å². The molecule has 0 amide bonds. The van der Waals surface area contributed by atoms with Crippen molar-refractivity contribution in [3.63, 3.8) is 0 Å². The molecule has 1 aliphatic rings. The second-order valence-corrected chi connectivity index (χ2v) is 6.63. The second kappa shape index (κ2) is 6.84. The van der Waals surface area contributed by atoms with Crippen LogP contribution in [0.25, 0.3) is 5.69 Å². The van der Waals surface area contributed by atoms with Crippen molar-refractivity contribution in [2.75, 3.05) is 25.1 Å². The van der Waals surface area contributed by atoms with Gasteiger partial charge in [-0.2, -0.15) is 4.68 Å². The number of aryl methyl sites for hydroxylation is 1. The number of aromatic nitrogens is 4. The first-order chi connectivity index (χ1) is 12.7. The van der Waals surface area contributed by atoms with E-state index in [0.29, 0.717) is 19.8 Å². The molecular formula is C19H20FN5O. The van der Waals surface area contributed by atoms with Crippen molar-refractivity contribution in [3.05, 3.63) is 65.7 Å². The van der Waals surface area contributed by atoms with Crippen molar-refractivity contribution >= 4 is 5.69 Å². The Bertz CT molecular complexity index is 887. The molecule has 1 saturated heterocycles. The zero-order valence-corrected chi connectivity index (χ0v) is 14.5. The first kappa shape index (κ1) is 16.7. The van der Waals surface area contributed by atoms with Crippen LogP contribution in [0.3, 0.4) is 0 Å². The largest absolute Gasteiger partial charge is 0.384 e. The molecule has 1 fully saturated rings. The monoisotopic (exact) mass is 353 g/mol. The molecule has 3 aromatic rings. The maximum Gasteiger partial charge on any atom is 0.153 e. The number of halogens is 1. The molecule has 1 aliphatic heterocycles. The Hall–Kier alpha value is -2.80. The van der Waals surface area contributed by atoms with Crippen LogP contribution in [-0.2, 0) is 10.2 Å². The third kappa shape index (κ3) is 3.17. The number of ether oxygens (including phenoxy) is 1. The third-order valence-electron chi connectivity index (χ3n) is 4.91. The molecule has 0 spiro atoms. The van der Waals surface area contributed by atoms with Gasteiger partial charge in [-0.1, -0.05) is 12.1 Å². The highest BCUT2D eigenvalue weighted by Crippen LogP contribution is 2.34. The first-order valence-corrected chi connectivity index (χ1v) is 8.59. The molecular weight excluding hydrogens is 333 g/mol. The SMILES string of the molecule is Cc1nnnn1-c1ccc(NC[C@]2(c3cccc(F)c3)CCOC2)cc1. The van der Waals surface area contributed by atoms with Gasteiger partial charge in [0.25, 0.3) is 0 Å². The lowest BCUT2D eigenvalue weighted by Gasteiger charge is -2.29. The van der Waals surface area contributed by atoms with Crippen LogP contribution >= 0.6 is 0 Å². The highest BCUT2D eigenvalue weighted by atomic mass is 19.1. The molecule has 1 atom stereocenters. The summed E-state index contributed by atoms with van der Waals surface area (Å²) in [7, 11) is 0. The lowest BCUT2D eigenvalue weighted by atomic mass is 9.79. The fraction of sp³-hybridized carbons (Fsp3) is 0.316. The van der Waals surface area contributed by atoms with Gasteiger partial charge < -0.3 is 10.1 Å². The molecule has 1 aromatic heterocycles. The lowest BCUT2D eigenvalue weighted by Crippen LogP contribution is -2.35. The van der Waals surface area contributed by atoms with Crippen LogP contribution in [0.1, 0.15) is 17.8 Å². The van der Waals surface area contributed by atoms with E-state index in [1.165, 1.54) is 6.07 Å². The summed E-state index contributed by atoms with van der Waals surface area (Å²) in [5.41, 5.74) is 2.65. The van der Waals surface area contributed by atoms with Gasteiger partial charge in [-0.15, -0.1) is 5.10 Å². The van der Waals surface area contributed by atoms with E-state index < -0.39 is 0 Å². The van der Waals surface area contributed by atoms with Crippen LogP contribution in [0.2, 0.25) is 0 Å². The maximum atomic E-state index is 13.7. The topological polar surface area (TPSA) is 64.9 Å². The van der Waals surface area contributed by atoms with Gasteiger partial charge in [-0.05, 0) is 65.7 Å². The van der Waals surface area contributed by atoms with Crippen molar-refractivity contribution in [1.82, 2.24) is 20.2 Å². The fourth-order valence-electron chi connectivity index (χ4n) is 3.36. The van der Waals surface area contributed by atoms with Crippen LogP contribution in [-0.4, -0.2) is 40.0 Å². The number of nitrogens with one attached hydrogen (secondary N) is 1. The molecule has 0 aliphatic carbocycles. The van der Waals surface area contributed by atoms with Crippen LogP contribution < -0.4 is 5.32 Å². The summed E-state index contributed by atoms with van der Waals surface area (Å²) < 4.78 is 21.0. The zero-order valence-electron chi connectivity index (χ0n) is 14.5. The van der Waals surface area contributed by atoms with Crippen LogP contribution in [0, 0.1) is 12.7 Å². The summed E-state index contributed by atoms with van der Waals surface area (Å²) in [6.45, 7) is 3.82. The van der Waals surface area contributed by atoms with Crippen LogP contribution in [0.15, 0.2) is 48.5 Å². The van der Waals surface area contributed by atoms with E-state index in [-0.39, 0.29) is 11.2 Å². The molecule has 2 heterocycles. The normalized spacial score (nSPS) is 19.6. The molecule has 0 radical (unpaired) electrons. The molecule has 1 N–H and O–H groups in total. The van der Waals surface area contributed by atoms with Crippen molar-refractivity contribution in [1.29, 1.82) is 0 Å². The minimum Gasteiger partial charge on any atom is -0.384 e. The molecule has 4 rings (SSSR count). The predicted octanol–water partition coefficient (Wildman–Crippen LogP) is 2.88. The van der Waals surface area contributed by atoms with Crippen molar-refractivity contribution in [2.45, 2.75) is 18.8 Å². The van der Waals surface area contributed by atoms with Gasteiger partial charge in [0.2, 0.25) is 0 Å². The minimum absolute atomic E-state index is 0.213. The summed E-state index contributed by atoms with van der Waals surface area (Å²) in [5, 5.41) is 15.0. The Balaban J connectivity index is 1.51. The van der Waals surface area contributed by atoms with E-state index in [1.54, 1.807) is 16.8 Å². The summed E-state index contributed by atoms with van der Waals surface area (Å²) in [5.74, 6) is 0.522. The molecule has 26 heavy (non-hydrogen) atoms. The van der Waals surface area contributed by atoms with E-state index in [2.05, 4.69) is 20.8 Å². The molecule has 0 saturated carbocycles.